The Morgan fingerprint density at radius 3 is 2.07 bits per heavy atom. The summed E-state index contributed by atoms with van der Waals surface area (Å²) in [6, 6.07) is 0.552. The predicted molar refractivity (Wildman–Crippen MR) is 97.5 cm³/mol. The summed E-state index contributed by atoms with van der Waals surface area (Å²) in [4.78, 5) is 32.9. The third-order valence-electron chi connectivity index (χ3n) is 3.42. The van der Waals surface area contributed by atoms with Crippen LogP contribution in [-0.2, 0) is 14.3 Å². The van der Waals surface area contributed by atoms with Crippen molar-refractivity contribution in [3.63, 3.8) is 0 Å². The van der Waals surface area contributed by atoms with Crippen molar-refractivity contribution in [2.24, 2.45) is 5.92 Å². The van der Waals surface area contributed by atoms with E-state index in [-0.39, 0.29) is 36.1 Å². The molecule has 0 saturated heterocycles. The second kappa shape index (κ2) is 10.3. The highest BCUT2D eigenvalue weighted by atomic mass is 16.5. The largest absolute Gasteiger partial charge is 0.481 e. The molecule has 0 aliphatic rings. The predicted octanol–water partition coefficient (Wildman–Crippen LogP) is 1.87. The molecule has 0 bridgehead atoms. The van der Waals surface area contributed by atoms with Crippen molar-refractivity contribution in [1.82, 2.24) is 15.3 Å². The Bertz CT molecular complexity index is 676. The Hall–Kier alpha value is -2.84. The zero-order chi connectivity index (χ0) is 20.6. The van der Waals surface area contributed by atoms with Crippen molar-refractivity contribution in [1.29, 1.82) is 0 Å². The number of ether oxygens (including phenoxy) is 4. The van der Waals surface area contributed by atoms with Crippen molar-refractivity contribution in [3.8, 4) is 17.8 Å². The first-order valence-corrected chi connectivity index (χ1v) is 8.53. The molecule has 1 N–H and O–H groups in total. The van der Waals surface area contributed by atoms with Crippen LogP contribution < -0.4 is 19.5 Å². The Morgan fingerprint density at radius 1 is 1.11 bits per heavy atom. The quantitative estimate of drug-likeness (QED) is 0.392. The monoisotopic (exact) mass is 381 g/mol. The fourth-order valence-electron chi connectivity index (χ4n) is 2.04. The maximum Gasteiger partial charge on any atom is 0.328 e. The van der Waals surface area contributed by atoms with Gasteiger partial charge in [0, 0.05) is 0 Å². The SMILES string of the molecule is CCOC(=O)[C@@H](NC(=O)C(Oc1nc(OC)cc(OC)n1)=C(C)C)C(C)C. The van der Waals surface area contributed by atoms with Crippen LogP contribution in [0.5, 0.6) is 17.8 Å². The summed E-state index contributed by atoms with van der Waals surface area (Å²) in [7, 11) is 2.87. The molecule has 27 heavy (non-hydrogen) atoms. The van der Waals surface area contributed by atoms with Gasteiger partial charge >= 0.3 is 12.0 Å². The molecule has 1 rings (SSSR count). The van der Waals surface area contributed by atoms with E-state index in [4.69, 9.17) is 18.9 Å². The molecular weight excluding hydrogens is 354 g/mol. The third-order valence-corrected chi connectivity index (χ3v) is 3.42. The average molecular weight is 381 g/mol. The van der Waals surface area contributed by atoms with Gasteiger partial charge in [0.1, 0.15) is 6.04 Å². The Balaban J connectivity index is 3.07. The first-order chi connectivity index (χ1) is 12.7. The molecule has 9 heteroatoms. The molecule has 0 unspecified atom stereocenters. The molecular formula is C18H27N3O6. The highest BCUT2D eigenvalue weighted by Gasteiger charge is 2.28. The lowest BCUT2D eigenvalue weighted by atomic mass is 10.0. The van der Waals surface area contributed by atoms with E-state index < -0.39 is 17.9 Å². The van der Waals surface area contributed by atoms with Gasteiger partial charge in [-0.15, -0.1) is 0 Å². The number of nitrogens with zero attached hydrogens (tertiary/aromatic N) is 2. The molecule has 1 aromatic rings. The minimum atomic E-state index is -0.809. The van der Waals surface area contributed by atoms with Crippen LogP contribution in [-0.4, -0.2) is 48.7 Å². The van der Waals surface area contributed by atoms with Crippen LogP contribution in [0, 0.1) is 5.92 Å². The number of rotatable bonds is 9. The molecule has 0 aliphatic carbocycles. The summed E-state index contributed by atoms with van der Waals surface area (Å²) in [5, 5.41) is 2.65. The number of hydrogen-bond acceptors (Lipinski definition) is 8. The lowest BCUT2D eigenvalue weighted by molar-refractivity contribution is -0.148. The fraction of sp³-hybridized carbons (Fsp3) is 0.556. The minimum Gasteiger partial charge on any atom is -0.481 e. The summed E-state index contributed by atoms with van der Waals surface area (Å²) in [6.07, 6.45) is 0. The van der Waals surface area contributed by atoms with Gasteiger partial charge in [0.25, 0.3) is 5.91 Å². The standard InChI is InChI=1S/C18H27N3O6/c1-8-26-17(23)14(10(2)3)21-16(22)15(11(4)5)27-18-19-12(24-6)9-13(20-18)25-7/h9-10,14H,8H2,1-7H3,(H,21,22)/t14-/m0/s1. The van der Waals surface area contributed by atoms with Crippen molar-refractivity contribution in [3.05, 3.63) is 17.4 Å². The van der Waals surface area contributed by atoms with E-state index >= 15 is 0 Å². The van der Waals surface area contributed by atoms with Crippen LogP contribution in [0.25, 0.3) is 0 Å². The Kier molecular flexibility index (Phi) is 8.50. The Morgan fingerprint density at radius 2 is 1.67 bits per heavy atom. The maximum atomic E-state index is 12.7. The van der Waals surface area contributed by atoms with Gasteiger partial charge in [-0.25, -0.2) is 4.79 Å². The number of nitrogens with one attached hydrogen (secondary N) is 1. The summed E-state index contributed by atoms with van der Waals surface area (Å²) >= 11 is 0. The molecule has 9 nitrogen and oxygen atoms in total. The fourth-order valence-corrected chi connectivity index (χ4v) is 2.04. The zero-order valence-electron chi connectivity index (χ0n) is 16.8. The second-order valence-corrected chi connectivity index (χ2v) is 6.11. The summed E-state index contributed by atoms with van der Waals surface area (Å²) in [6.45, 7) is 8.93. The minimum absolute atomic E-state index is 0.0275. The van der Waals surface area contributed by atoms with E-state index in [1.807, 2.05) is 0 Å². The second-order valence-electron chi connectivity index (χ2n) is 6.11. The van der Waals surface area contributed by atoms with Gasteiger partial charge in [-0.05, 0) is 32.3 Å². The zero-order valence-corrected chi connectivity index (χ0v) is 16.8. The van der Waals surface area contributed by atoms with Crippen LogP contribution in [0.3, 0.4) is 0 Å². The van der Waals surface area contributed by atoms with E-state index in [0.717, 1.165) is 0 Å². The highest BCUT2D eigenvalue weighted by molar-refractivity contribution is 5.95. The van der Waals surface area contributed by atoms with Crippen molar-refractivity contribution >= 4 is 11.9 Å². The summed E-state index contributed by atoms with van der Waals surface area (Å²) in [5.74, 6) is -0.839. The highest BCUT2D eigenvalue weighted by Crippen LogP contribution is 2.21. The molecule has 0 spiro atoms. The van der Waals surface area contributed by atoms with Crippen molar-refractivity contribution < 1.29 is 28.5 Å². The molecule has 0 saturated carbocycles. The summed E-state index contributed by atoms with van der Waals surface area (Å²) in [5.41, 5.74) is 0.573. The van der Waals surface area contributed by atoms with Crippen LogP contribution in [0.2, 0.25) is 0 Å². The van der Waals surface area contributed by atoms with E-state index in [0.29, 0.717) is 5.57 Å². The van der Waals surface area contributed by atoms with E-state index in [9.17, 15) is 9.59 Å². The van der Waals surface area contributed by atoms with E-state index in [2.05, 4.69) is 15.3 Å². The third kappa shape index (κ3) is 6.43. The van der Waals surface area contributed by atoms with Crippen LogP contribution >= 0.6 is 0 Å². The molecule has 1 amide bonds. The van der Waals surface area contributed by atoms with Gasteiger partial charge in [-0.3, -0.25) is 4.79 Å². The number of aromatic nitrogens is 2. The number of amides is 1. The van der Waals surface area contributed by atoms with Gasteiger partial charge in [0.05, 0.1) is 26.9 Å². The molecule has 1 aromatic heterocycles. The average Bonchev–Trinajstić information content (AvgIpc) is 2.63. The first-order valence-electron chi connectivity index (χ1n) is 8.53. The van der Waals surface area contributed by atoms with Crippen LogP contribution in [0.1, 0.15) is 34.6 Å². The number of allylic oxidation sites excluding steroid dienone is 1. The lowest BCUT2D eigenvalue weighted by Gasteiger charge is -2.21. The molecule has 0 aliphatic heterocycles. The lowest BCUT2D eigenvalue weighted by Crippen LogP contribution is -2.46. The van der Waals surface area contributed by atoms with Gasteiger partial charge < -0.3 is 24.3 Å². The molecule has 1 atom stereocenters. The topological polar surface area (TPSA) is 109 Å². The molecule has 0 radical (unpaired) electrons. The molecule has 150 valence electrons. The first kappa shape index (κ1) is 22.2. The Labute approximate surface area is 159 Å². The van der Waals surface area contributed by atoms with Crippen LogP contribution in [0.15, 0.2) is 17.4 Å². The number of esters is 1. The van der Waals surface area contributed by atoms with Gasteiger partial charge in [0.15, 0.2) is 5.76 Å². The van der Waals surface area contributed by atoms with Gasteiger partial charge in [-0.2, -0.15) is 9.97 Å². The van der Waals surface area contributed by atoms with E-state index in [1.54, 1.807) is 34.6 Å². The summed E-state index contributed by atoms with van der Waals surface area (Å²) < 4.78 is 20.7. The normalized spacial score (nSPS) is 11.4. The van der Waals surface area contributed by atoms with Gasteiger partial charge in [0.2, 0.25) is 11.8 Å². The number of carbonyl (C=O) groups excluding carboxylic acids is 2. The van der Waals surface area contributed by atoms with Gasteiger partial charge in [-0.1, -0.05) is 13.8 Å². The van der Waals surface area contributed by atoms with Crippen molar-refractivity contribution in [2.45, 2.75) is 40.7 Å². The maximum absolute atomic E-state index is 12.7. The van der Waals surface area contributed by atoms with Crippen molar-refractivity contribution in [2.75, 3.05) is 20.8 Å². The molecule has 1 heterocycles. The molecule has 0 aromatic carbocycles. The molecule has 0 fully saturated rings. The number of hydrogen-bond donors (Lipinski definition) is 1. The number of methoxy groups -OCH3 is 2. The van der Waals surface area contributed by atoms with Crippen LogP contribution in [0.4, 0.5) is 0 Å². The van der Waals surface area contributed by atoms with E-state index in [1.165, 1.54) is 20.3 Å². The number of carbonyl (C=O) groups is 2. The smallest absolute Gasteiger partial charge is 0.328 e.